The third-order valence-electron chi connectivity index (χ3n) is 6.14. The van der Waals surface area contributed by atoms with Crippen molar-refractivity contribution in [2.45, 2.75) is 13.1 Å². The molecule has 0 bridgehead atoms. The van der Waals surface area contributed by atoms with Crippen LogP contribution in [-0.4, -0.2) is 44.4 Å². The molecular formula is C28H24N6O5. The predicted octanol–water partition coefficient (Wildman–Crippen LogP) is 3.22. The molecule has 1 aliphatic heterocycles. The summed E-state index contributed by atoms with van der Waals surface area (Å²) in [5.41, 5.74) is 8.54. The standard InChI is InChI=1S/C17H13N5O5.C11H11N/c23-12-6-27-11-2-1-8(3-10(11)22-12)4-19-16(24)15-14-13(20-7-21-15)9(5-18-14)17(25)26;12-8-10-6-3-5-9-4-1-2-7-11(9)10/h1-3,5,7,18H,4,6H2,(H,19,24)(H,22,23)(H,25,26);1-7H,8,12H2. The zero-order valence-corrected chi connectivity index (χ0v) is 20.6. The van der Waals surface area contributed by atoms with Crippen molar-refractivity contribution in [2.75, 3.05) is 11.9 Å². The number of carbonyl (C=O) groups is 3. The predicted molar refractivity (Wildman–Crippen MR) is 144 cm³/mol. The highest BCUT2D eigenvalue weighted by atomic mass is 16.5. The molecule has 11 heteroatoms. The Morgan fingerprint density at radius 3 is 2.72 bits per heavy atom. The van der Waals surface area contributed by atoms with E-state index in [1.165, 1.54) is 22.5 Å². The number of anilines is 1. The van der Waals surface area contributed by atoms with Crippen molar-refractivity contribution < 1.29 is 24.2 Å². The first-order valence-electron chi connectivity index (χ1n) is 12.0. The quantitative estimate of drug-likeness (QED) is 0.233. The van der Waals surface area contributed by atoms with Crippen LogP contribution in [0.4, 0.5) is 5.69 Å². The van der Waals surface area contributed by atoms with Crippen LogP contribution < -0.4 is 21.1 Å². The van der Waals surface area contributed by atoms with E-state index in [-0.39, 0.29) is 41.3 Å². The van der Waals surface area contributed by atoms with E-state index in [2.05, 4.69) is 49.9 Å². The van der Waals surface area contributed by atoms with E-state index < -0.39 is 11.9 Å². The average Bonchev–Trinajstić information content (AvgIpc) is 3.40. The number of aromatic nitrogens is 3. The number of hydrogen-bond donors (Lipinski definition) is 5. The second kappa shape index (κ2) is 11.0. The Balaban J connectivity index is 0.000000214. The van der Waals surface area contributed by atoms with Crippen LogP contribution >= 0.6 is 0 Å². The van der Waals surface area contributed by atoms with Gasteiger partial charge in [-0.05, 0) is 34.0 Å². The number of nitrogens with one attached hydrogen (secondary N) is 3. The topological polar surface area (TPSA) is 172 Å². The van der Waals surface area contributed by atoms with Crippen LogP contribution in [0.15, 0.2) is 73.2 Å². The maximum atomic E-state index is 12.5. The van der Waals surface area contributed by atoms with Gasteiger partial charge in [-0.25, -0.2) is 14.8 Å². The summed E-state index contributed by atoms with van der Waals surface area (Å²) in [5.74, 6) is -1.31. The van der Waals surface area contributed by atoms with Gasteiger partial charge in [-0.3, -0.25) is 9.59 Å². The van der Waals surface area contributed by atoms with E-state index in [1.54, 1.807) is 18.2 Å². The van der Waals surface area contributed by atoms with Crippen LogP contribution in [0, 0.1) is 0 Å². The Kier molecular flexibility index (Phi) is 7.15. The minimum atomic E-state index is -1.15. The lowest BCUT2D eigenvalue weighted by Crippen LogP contribution is -2.26. The van der Waals surface area contributed by atoms with Crippen LogP contribution in [0.2, 0.25) is 0 Å². The molecule has 196 valence electrons. The zero-order valence-electron chi connectivity index (χ0n) is 20.6. The molecule has 3 aromatic carbocycles. The smallest absolute Gasteiger partial charge is 0.339 e. The molecule has 11 nitrogen and oxygen atoms in total. The lowest BCUT2D eigenvalue weighted by Gasteiger charge is -2.18. The van der Waals surface area contributed by atoms with Crippen molar-refractivity contribution in [3.8, 4) is 5.75 Å². The first kappa shape index (κ1) is 25.4. The van der Waals surface area contributed by atoms with Crippen LogP contribution in [-0.2, 0) is 17.9 Å². The third-order valence-corrected chi connectivity index (χ3v) is 6.14. The summed E-state index contributed by atoms with van der Waals surface area (Å²) in [7, 11) is 0. The largest absolute Gasteiger partial charge is 0.482 e. The number of aromatic carboxylic acids is 1. The molecule has 2 aromatic heterocycles. The number of carboxylic acids is 1. The summed E-state index contributed by atoms with van der Waals surface area (Å²) in [6.45, 7) is 0.766. The Bertz CT molecular complexity index is 1710. The second-order valence-electron chi connectivity index (χ2n) is 8.65. The lowest BCUT2D eigenvalue weighted by atomic mass is 10.1. The Morgan fingerprint density at radius 1 is 1.08 bits per heavy atom. The fourth-order valence-corrected chi connectivity index (χ4v) is 4.25. The zero-order chi connectivity index (χ0) is 27.4. The van der Waals surface area contributed by atoms with Gasteiger partial charge in [-0.2, -0.15) is 0 Å². The number of amides is 2. The number of carbonyl (C=O) groups excluding carboxylic acids is 2. The van der Waals surface area contributed by atoms with Crippen molar-refractivity contribution in [1.29, 1.82) is 0 Å². The van der Waals surface area contributed by atoms with Gasteiger partial charge in [0.05, 0.1) is 11.2 Å². The Morgan fingerprint density at radius 2 is 1.90 bits per heavy atom. The number of aromatic amines is 1. The highest BCUT2D eigenvalue weighted by molar-refractivity contribution is 6.08. The van der Waals surface area contributed by atoms with Gasteiger partial charge >= 0.3 is 5.97 Å². The first-order valence-corrected chi connectivity index (χ1v) is 12.0. The number of hydrogen-bond acceptors (Lipinski definition) is 7. The number of fused-ring (bicyclic) bond motifs is 3. The number of rotatable bonds is 5. The molecule has 6 rings (SSSR count). The maximum absolute atomic E-state index is 12.5. The van der Waals surface area contributed by atoms with Gasteiger partial charge in [-0.15, -0.1) is 0 Å². The highest BCUT2D eigenvalue weighted by Crippen LogP contribution is 2.28. The molecule has 0 saturated heterocycles. The molecule has 3 heterocycles. The van der Waals surface area contributed by atoms with Crippen LogP contribution in [0.5, 0.6) is 5.75 Å². The van der Waals surface area contributed by atoms with Gasteiger partial charge in [0.2, 0.25) is 0 Å². The van der Waals surface area contributed by atoms with Gasteiger partial charge in [0, 0.05) is 19.3 Å². The molecule has 0 atom stereocenters. The molecule has 0 spiro atoms. The Hall–Kier alpha value is -5.29. The number of carboxylic acid groups (broad SMARTS) is 1. The molecule has 0 saturated carbocycles. The number of nitrogens with zero attached hydrogens (tertiary/aromatic N) is 2. The van der Waals surface area contributed by atoms with E-state index in [1.807, 2.05) is 18.2 Å². The van der Waals surface area contributed by atoms with Crippen molar-refractivity contribution >= 4 is 45.3 Å². The molecule has 0 fully saturated rings. The van der Waals surface area contributed by atoms with Gasteiger partial charge in [0.15, 0.2) is 12.3 Å². The average molecular weight is 525 g/mol. The Labute approximate surface area is 222 Å². The van der Waals surface area contributed by atoms with E-state index in [0.717, 1.165) is 11.9 Å². The molecule has 39 heavy (non-hydrogen) atoms. The normalized spacial score (nSPS) is 12.1. The van der Waals surface area contributed by atoms with Crippen molar-refractivity contribution in [3.05, 3.63) is 95.6 Å². The van der Waals surface area contributed by atoms with E-state index in [9.17, 15) is 14.4 Å². The molecule has 6 N–H and O–H groups in total. The number of benzene rings is 3. The summed E-state index contributed by atoms with van der Waals surface area (Å²) in [6, 6.07) is 19.7. The molecule has 2 amide bonds. The van der Waals surface area contributed by atoms with Gasteiger partial charge in [0.1, 0.15) is 23.2 Å². The number of nitrogens with two attached hydrogens (primary N) is 1. The third kappa shape index (κ3) is 5.38. The van der Waals surface area contributed by atoms with Crippen LogP contribution in [0.1, 0.15) is 32.0 Å². The summed E-state index contributed by atoms with van der Waals surface area (Å²) < 4.78 is 5.29. The van der Waals surface area contributed by atoms with E-state index in [4.69, 9.17) is 15.6 Å². The fourth-order valence-electron chi connectivity index (χ4n) is 4.25. The summed E-state index contributed by atoms with van der Waals surface area (Å²) in [5, 5.41) is 17.1. The van der Waals surface area contributed by atoms with Crippen LogP contribution in [0.3, 0.4) is 0 Å². The molecule has 5 aromatic rings. The summed E-state index contributed by atoms with van der Waals surface area (Å²) >= 11 is 0. The molecule has 0 radical (unpaired) electrons. The van der Waals surface area contributed by atoms with Gasteiger partial charge in [0.25, 0.3) is 11.8 Å². The molecule has 0 aliphatic carbocycles. The summed E-state index contributed by atoms with van der Waals surface area (Å²) in [6.07, 6.45) is 2.41. The molecule has 1 aliphatic rings. The first-order chi connectivity index (χ1) is 18.9. The van der Waals surface area contributed by atoms with Crippen molar-refractivity contribution in [2.24, 2.45) is 5.73 Å². The minimum Gasteiger partial charge on any atom is -0.482 e. The van der Waals surface area contributed by atoms with E-state index in [0.29, 0.717) is 18.0 Å². The summed E-state index contributed by atoms with van der Waals surface area (Å²) in [4.78, 5) is 45.7. The molecule has 0 unspecified atom stereocenters. The van der Waals surface area contributed by atoms with E-state index >= 15 is 0 Å². The van der Waals surface area contributed by atoms with Gasteiger partial charge in [-0.1, -0.05) is 48.5 Å². The van der Waals surface area contributed by atoms with Gasteiger partial charge < -0.3 is 31.2 Å². The van der Waals surface area contributed by atoms with Crippen molar-refractivity contribution in [3.63, 3.8) is 0 Å². The van der Waals surface area contributed by atoms with Crippen molar-refractivity contribution in [1.82, 2.24) is 20.3 Å². The maximum Gasteiger partial charge on any atom is 0.339 e. The minimum absolute atomic E-state index is 0.0265. The number of ether oxygens (including phenoxy) is 1. The molecular weight excluding hydrogens is 500 g/mol. The monoisotopic (exact) mass is 524 g/mol. The second-order valence-corrected chi connectivity index (χ2v) is 8.65. The fraction of sp³-hybridized carbons (Fsp3) is 0.107. The van der Waals surface area contributed by atoms with Crippen LogP contribution in [0.25, 0.3) is 21.8 Å². The highest BCUT2D eigenvalue weighted by Gasteiger charge is 2.20. The SMILES string of the molecule is NCc1cccc2ccccc12.O=C1COc2ccc(CNC(=O)c3ncnc4c(C(=O)O)c[nH]c34)cc2N1. The number of H-pyrrole nitrogens is 1. The lowest BCUT2D eigenvalue weighted by molar-refractivity contribution is -0.118.